The molecular weight excluding hydrogens is 1650 g/mol. The molecule has 19 rings (SSSR count). The lowest BCUT2D eigenvalue weighted by Crippen LogP contribution is -2.42. The normalized spacial score (nSPS) is 16.4. The highest BCUT2D eigenvalue weighted by Crippen LogP contribution is 2.50. The quantitative estimate of drug-likeness (QED) is 0.0460. The number of hydrogen-bond donors (Lipinski definition) is 2. The van der Waals surface area contributed by atoms with Gasteiger partial charge in [-0.1, -0.05) is 167 Å². The number of fused-ring (bicyclic) bond motifs is 6. The lowest BCUT2D eigenvalue weighted by Gasteiger charge is -2.28. The molecule has 0 atom stereocenters. The Morgan fingerprint density at radius 2 is 0.711 bits per heavy atom. The van der Waals surface area contributed by atoms with Gasteiger partial charge in [0.25, 0.3) is 0 Å². The maximum Gasteiger partial charge on any atom is 0.534 e. The molecule has 6 aliphatic rings. The van der Waals surface area contributed by atoms with Gasteiger partial charge in [-0.05, 0) is 218 Å². The van der Waals surface area contributed by atoms with Crippen LogP contribution in [0.15, 0.2) is 194 Å². The van der Waals surface area contributed by atoms with Crippen molar-refractivity contribution in [1.82, 2.24) is 28.4 Å². The summed E-state index contributed by atoms with van der Waals surface area (Å²) in [7, 11) is -3.12. The van der Waals surface area contributed by atoms with E-state index >= 15 is 0 Å². The van der Waals surface area contributed by atoms with Crippen LogP contribution in [-0.2, 0) is 67.8 Å². The van der Waals surface area contributed by atoms with Crippen LogP contribution in [0.25, 0.3) is 110 Å². The fourth-order valence-electron chi connectivity index (χ4n) is 19.9. The van der Waals surface area contributed by atoms with E-state index in [2.05, 4.69) is 86.1 Å². The van der Waals surface area contributed by atoms with Crippen LogP contribution < -0.4 is 4.18 Å². The number of carboxylic acid groups (broad SMARTS) is 1. The highest BCUT2D eigenvalue weighted by atomic mass is 32.2. The average Bonchev–Trinajstić information content (AvgIpc) is 1.59. The second-order valence-corrected chi connectivity index (χ2v) is 35.6. The Morgan fingerprint density at radius 3 is 1.08 bits per heavy atom. The number of carboxylic acids is 1. The molecule has 3 amide bonds. The van der Waals surface area contributed by atoms with Crippen LogP contribution >= 0.6 is 0 Å². The minimum Gasteiger partial charge on any atom is -0.508 e. The van der Waals surface area contributed by atoms with Crippen LogP contribution in [0.5, 0.6) is 11.5 Å². The molecule has 6 fully saturated rings. The number of carbonyl (C=O) groups is 6. The van der Waals surface area contributed by atoms with Crippen molar-refractivity contribution in [2.24, 2.45) is 0 Å². The Morgan fingerprint density at radius 1 is 0.383 bits per heavy atom. The molecule has 10 aromatic carbocycles. The van der Waals surface area contributed by atoms with E-state index in [9.17, 15) is 60.6 Å². The number of esters is 2. The van der Waals surface area contributed by atoms with Gasteiger partial charge >= 0.3 is 33.5 Å². The van der Waals surface area contributed by atoms with Gasteiger partial charge in [0.1, 0.15) is 31.1 Å². The summed E-state index contributed by atoms with van der Waals surface area (Å²) in [4.78, 5) is 83.7. The van der Waals surface area contributed by atoms with Gasteiger partial charge in [0, 0.05) is 55.4 Å². The summed E-state index contributed by atoms with van der Waals surface area (Å²) in [5.74, 6) is -1.15. The molecule has 2 N–H and O–H groups in total. The van der Waals surface area contributed by atoms with Crippen LogP contribution in [-0.4, -0.2) is 181 Å². The molecule has 0 radical (unpaired) electrons. The van der Waals surface area contributed by atoms with E-state index in [0.717, 1.165) is 151 Å². The number of aromatic nitrogens is 3. The van der Waals surface area contributed by atoms with Crippen LogP contribution in [0.1, 0.15) is 162 Å². The van der Waals surface area contributed by atoms with Gasteiger partial charge in [0.2, 0.25) is 17.7 Å². The summed E-state index contributed by atoms with van der Waals surface area (Å²) in [6.45, 7) is 6.67. The number of ether oxygens (including phenoxy) is 5. The van der Waals surface area contributed by atoms with Gasteiger partial charge in [0.15, 0.2) is 0 Å². The Hall–Kier alpha value is -12.4. The molecule has 3 aromatic heterocycles. The molecule has 0 unspecified atom stereocenters. The number of methoxy groups -OCH3 is 2. The number of benzene rings is 10. The molecule has 26 heteroatoms. The van der Waals surface area contributed by atoms with Gasteiger partial charge in [-0.2, -0.15) is 21.6 Å². The third-order valence-electron chi connectivity index (χ3n) is 26.3. The van der Waals surface area contributed by atoms with Crippen LogP contribution in [0.4, 0.5) is 13.2 Å². The van der Waals surface area contributed by atoms with Crippen molar-refractivity contribution in [2.75, 3.05) is 93.1 Å². The van der Waals surface area contributed by atoms with Crippen LogP contribution in [0.2, 0.25) is 0 Å². The standard InChI is InChI=1S/C37H36N2O4.C33H33F3N2O7S.C32H34N2O5/c40-34(38-17-19-43-20-18-38)24-39-33-23-31(37(41)42)15-16-32(33)35(26-9-5-2-6-10-26)36(39)30-14-13-28-21-27(11-12-29(28)22-30)25-7-3-1-4-8-25;1-43-32(40)25-10-12-27-28(19-25)38(20-29(39)37-13-15-44-16-14-37)31(30(27)21-5-3-2-4-6-21)24-8-7-23-18-26(11-9-22(23)17-24)45-46(41,42)33(34,35)36;1-38-32(37)25-10-12-27-28(19-25)34(20-29(36)33-13-15-39-16-14-33)31(30(27)21-5-3-2-4-6-21)24-8-7-23-18-26(35)11-9-22(23)17-24/h1,3-4,7-8,11-16,21-23,26H,2,5-6,9-10,17-20,24H2,(H,41,42);7-12,17-19,21H,2-6,13-16,20H2,1H3;7-12,17-19,21,35H,2-6,13-16,20H2,1H3. The number of hydrogen-bond acceptors (Lipinski definition) is 15. The second-order valence-electron chi connectivity index (χ2n) is 34.1. The first kappa shape index (κ1) is 87.7. The summed E-state index contributed by atoms with van der Waals surface area (Å²) in [6, 6.07) is 61.1. The molecule has 3 aliphatic heterocycles. The van der Waals surface area contributed by atoms with E-state index in [0.29, 0.717) is 113 Å². The molecule has 128 heavy (non-hydrogen) atoms. The highest BCUT2D eigenvalue weighted by molar-refractivity contribution is 7.88. The third-order valence-corrected chi connectivity index (χ3v) is 27.3. The third kappa shape index (κ3) is 18.6. The van der Waals surface area contributed by atoms with Gasteiger partial charge in [-0.25, -0.2) is 14.4 Å². The van der Waals surface area contributed by atoms with Crippen molar-refractivity contribution in [1.29, 1.82) is 0 Å². The molecule has 3 aliphatic carbocycles. The molecule has 22 nitrogen and oxygen atoms in total. The number of morpholine rings is 3. The first-order chi connectivity index (χ1) is 62.1. The lowest BCUT2D eigenvalue weighted by molar-refractivity contribution is -0.136. The maximum absolute atomic E-state index is 13.7. The van der Waals surface area contributed by atoms with Crippen molar-refractivity contribution in [3.63, 3.8) is 0 Å². The first-order valence-corrected chi connectivity index (χ1v) is 45.8. The van der Waals surface area contributed by atoms with Crippen LogP contribution in [0, 0.1) is 0 Å². The summed E-state index contributed by atoms with van der Waals surface area (Å²) in [5, 5.41) is 28.3. The monoisotopic (exact) mass is 1760 g/mol. The SMILES string of the molecule is COC(=O)c1ccc2c(C3CCCCC3)c(-c3ccc4cc(O)ccc4c3)n(CC(=O)N3CCOCC3)c2c1.COC(=O)c1ccc2c(C3CCCCC3)c(-c3ccc4cc(OS(=O)(=O)C(F)(F)F)ccc4c3)n(CC(=O)N3CCOCC3)c2c1.O=C(O)c1ccc2c(C3CCCCC3)c(-c3ccc4cc(-c5ccccc5)ccc4c3)n(CC(=O)N3CCOCC3)c2c1. The van der Waals surface area contributed by atoms with E-state index in [1.807, 2.05) is 75.0 Å². The van der Waals surface area contributed by atoms with Crippen molar-refractivity contribution < 1.29 is 88.4 Å². The molecule has 3 saturated heterocycles. The minimum atomic E-state index is -5.82. The summed E-state index contributed by atoms with van der Waals surface area (Å²) >= 11 is 0. The minimum absolute atomic E-state index is 0.0172. The van der Waals surface area contributed by atoms with E-state index in [1.165, 1.54) is 93.2 Å². The Balaban J connectivity index is 0.000000135. The Labute approximate surface area is 739 Å². The zero-order valence-corrected chi connectivity index (χ0v) is 72.6. The molecule has 13 aromatic rings. The van der Waals surface area contributed by atoms with E-state index in [1.54, 1.807) is 47.4 Å². The van der Waals surface area contributed by atoms with E-state index in [-0.39, 0.29) is 54.6 Å². The van der Waals surface area contributed by atoms with Crippen molar-refractivity contribution >= 4 is 111 Å². The molecule has 0 spiro atoms. The Bertz CT molecular complexity index is 6500. The number of nitrogens with zero attached hydrogens (tertiary/aromatic N) is 6. The predicted molar refractivity (Wildman–Crippen MR) is 487 cm³/mol. The van der Waals surface area contributed by atoms with Gasteiger partial charge < -0.3 is 66.5 Å². The lowest BCUT2D eigenvalue weighted by atomic mass is 9.81. The summed E-state index contributed by atoms with van der Waals surface area (Å²) in [6.07, 6.45) is 16.8. The molecular formula is C102H103F3N6O16S. The zero-order chi connectivity index (χ0) is 88.9. The largest absolute Gasteiger partial charge is 0.534 e. The number of carbonyl (C=O) groups excluding carboxylic acids is 5. The smallest absolute Gasteiger partial charge is 0.508 e. The number of alkyl halides is 3. The molecule has 0 bridgehead atoms. The number of aromatic hydroxyl groups is 1. The number of aromatic carboxylic acids is 1. The van der Waals surface area contributed by atoms with Gasteiger partial charge in [0.05, 0.1) is 104 Å². The Kier molecular flexibility index (Phi) is 26.2. The number of phenols is 1. The van der Waals surface area contributed by atoms with Crippen molar-refractivity contribution in [3.8, 4) is 56.4 Å². The number of rotatable bonds is 18. The fourth-order valence-corrected chi connectivity index (χ4v) is 20.4. The van der Waals surface area contributed by atoms with E-state index in [4.69, 9.17) is 23.7 Å². The first-order valence-electron chi connectivity index (χ1n) is 44.4. The fraction of sp³-hybridized carbons (Fsp3) is 0.353. The number of halogens is 3. The van der Waals surface area contributed by atoms with Crippen molar-refractivity contribution in [3.05, 3.63) is 228 Å². The molecule has 3 saturated carbocycles. The summed E-state index contributed by atoms with van der Waals surface area (Å²) in [5.41, 5.74) is 9.64. The zero-order valence-electron chi connectivity index (χ0n) is 71.8. The maximum atomic E-state index is 13.7. The topological polar surface area (TPSA) is 257 Å². The number of amides is 3. The van der Waals surface area contributed by atoms with Crippen LogP contribution in [0.3, 0.4) is 0 Å². The van der Waals surface area contributed by atoms with E-state index < -0.39 is 39.3 Å². The highest BCUT2D eigenvalue weighted by Gasteiger charge is 2.49. The van der Waals surface area contributed by atoms with Gasteiger partial charge in [-0.15, -0.1) is 0 Å². The van der Waals surface area contributed by atoms with Crippen molar-refractivity contribution in [2.45, 2.75) is 139 Å². The molecule has 664 valence electrons. The average molecular weight is 1760 g/mol. The number of phenolic OH excluding ortho intramolecular Hbond substituents is 1. The second kappa shape index (κ2) is 38.3. The predicted octanol–water partition coefficient (Wildman–Crippen LogP) is 20.0. The summed E-state index contributed by atoms with van der Waals surface area (Å²) < 4.78 is 98.9. The van der Waals surface area contributed by atoms with Gasteiger partial charge in [-0.3, -0.25) is 14.4 Å². The molecule has 6 heterocycles.